The van der Waals surface area contributed by atoms with Gasteiger partial charge in [-0.2, -0.15) is 0 Å². The van der Waals surface area contributed by atoms with Crippen LogP contribution in [0.15, 0.2) is 24.3 Å². The lowest BCUT2D eigenvalue weighted by Gasteiger charge is -2.32. The molecule has 0 radical (unpaired) electrons. The summed E-state index contributed by atoms with van der Waals surface area (Å²) in [4.78, 5) is 0. The third kappa shape index (κ3) is 1.37. The zero-order valence-corrected chi connectivity index (χ0v) is 11.1. The van der Waals surface area contributed by atoms with Gasteiger partial charge in [0.05, 0.1) is 0 Å². The zero-order valence-electron chi connectivity index (χ0n) is 11.1. The maximum Gasteiger partial charge on any atom is 0.0287 e. The summed E-state index contributed by atoms with van der Waals surface area (Å²) in [6.45, 7) is 0. The van der Waals surface area contributed by atoms with E-state index in [1.165, 1.54) is 44.9 Å². The van der Waals surface area contributed by atoms with Crippen LogP contribution in [0.3, 0.4) is 0 Å². The summed E-state index contributed by atoms with van der Waals surface area (Å²) in [5.74, 6) is 2.32. The average Bonchev–Trinajstić information content (AvgIpc) is 3.06. The Bertz CT molecular complexity index is 452. The normalized spacial score (nSPS) is 41.9. The molecule has 3 aliphatic carbocycles. The molecule has 1 aromatic rings. The van der Waals surface area contributed by atoms with Gasteiger partial charge in [0.1, 0.15) is 0 Å². The van der Waals surface area contributed by atoms with Crippen molar-refractivity contribution >= 4 is 0 Å². The summed E-state index contributed by atoms with van der Waals surface area (Å²) in [6.07, 6.45) is 9.52. The Morgan fingerprint density at radius 2 is 1.67 bits per heavy atom. The van der Waals surface area contributed by atoms with Crippen molar-refractivity contribution in [1.82, 2.24) is 0 Å². The molecule has 0 aliphatic heterocycles. The molecule has 0 amide bonds. The Labute approximate surface area is 110 Å². The highest BCUT2D eigenvalue weighted by molar-refractivity contribution is 5.39. The van der Waals surface area contributed by atoms with E-state index >= 15 is 0 Å². The van der Waals surface area contributed by atoms with E-state index in [-0.39, 0.29) is 5.54 Å². The molecule has 3 unspecified atom stereocenters. The topological polar surface area (TPSA) is 26.0 Å². The second-order valence-corrected chi connectivity index (χ2v) is 6.64. The predicted octanol–water partition coefficient (Wildman–Crippen LogP) is 3.62. The van der Waals surface area contributed by atoms with Crippen LogP contribution >= 0.6 is 0 Å². The highest BCUT2D eigenvalue weighted by atomic mass is 14.9. The fraction of sp³-hybridized carbons (Fsp3) is 0.647. The Balaban J connectivity index is 1.71. The van der Waals surface area contributed by atoms with Crippen molar-refractivity contribution in [3.63, 3.8) is 0 Å². The van der Waals surface area contributed by atoms with E-state index in [2.05, 4.69) is 24.3 Å². The third-order valence-electron chi connectivity index (χ3n) is 5.91. The number of benzene rings is 1. The second kappa shape index (κ2) is 3.84. The summed E-state index contributed by atoms with van der Waals surface area (Å²) in [7, 11) is 0. The van der Waals surface area contributed by atoms with E-state index in [9.17, 15) is 0 Å². The summed E-state index contributed by atoms with van der Waals surface area (Å²) in [5.41, 5.74) is 10.2. The van der Waals surface area contributed by atoms with Crippen molar-refractivity contribution in [1.29, 1.82) is 0 Å². The first kappa shape index (κ1) is 11.0. The maximum absolute atomic E-state index is 6.89. The van der Waals surface area contributed by atoms with Crippen LogP contribution in [0.1, 0.15) is 55.6 Å². The Kier molecular flexibility index (Phi) is 2.35. The van der Waals surface area contributed by atoms with Crippen molar-refractivity contribution in [3.8, 4) is 0 Å². The molecule has 3 atom stereocenters. The van der Waals surface area contributed by atoms with Gasteiger partial charge in [-0.3, -0.25) is 0 Å². The van der Waals surface area contributed by atoms with Gasteiger partial charge in [0.15, 0.2) is 0 Å². The summed E-state index contributed by atoms with van der Waals surface area (Å²) in [6, 6.07) is 9.05. The number of aryl methyl sites for hydroxylation is 1. The van der Waals surface area contributed by atoms with Crippen molar-refractivity contribution in [2.24, 2.45) is 17.6 Å². The largest absolute Gasteiger partial charge is 0.324 e. The number of hydrogen-bond donors (Lipinski definition) is 1. The number of hydrogen-bond acceptors (Lipinski definition) is 1. The molecule has 0 heterocycles. The van der Waals surface area contributed by atoms with Crippen molar-refractivity contribution < 1.29 is 0 Å². The summed E-state index contributed by atoms with van der Waals surface area (Å²) in [5, 5.41) is 0. The first-order chi connectivity index (χ1) is 8.82. The minimum Gasteiger partial charge on any atom is -0.324 e. The molecule has 1 aromatic carbocycles. The van der Waals surface area contributed by atoms with Gasteiger partial charge in [-0.15, -0.1) is 0 Å². The number of nitrogens with two attached hydrogens (primary N) is 1. The Morgan fingerprint density at radius 1 is 0.944 bits per heavy atom. The first-order valence-corrected chi connectivity index (χ1v) is 7.68. The first-order valence-electron chi connectivity index (χ1n) is 7.68. The van der Waals surface area contributed by atoms with E-state index in [1.807, 2.05) is 0 Å². The van der Waals surface area contributed by atoms with Crippen molar-refractivity contribution in [2.45, 2.75) is 56.4 Å². The van der Waals surface area contributed by atoms with Crippen molar-refractivity contribution in [2.75, 3.05) is 0 Å². The summed E-state index contributed by atoms with van der Waals surface area (Å²) < 4.78 is 0. The zero-order chi connectivity index (χ0) is 12.2. The molecular weight excluding hydrogens is 218 g/mol. The van der Waals surface area contributed by atoms with E-state index in [1.54, 1.807) is 11.1 Å². The van der Waals surface area contributed by atoms with Crippen LogP contribution < -0.4 is 5.73 Å². The molecule has 4 rings (SSSR count). The predicted molar refractivity (Wildman–Crippen MR) is 74.5 cm³/mol. The molecule has 1 nitrogen and oxygen atoms in total. The Hall–Kier alpha value is -0.820. The van der Waals surface area contributed by atoms with Gasteiger partial charge >= 0.3 is 0 Å². The van der Waals surface area contributed by atoms with Gasteiger partial charge in [-0.1, -0.05) is 37.1 Å². The molecule has 18 heavy (non-hydrogen) atoms. The standard InChI is InChI=1S/C17H23N/c18-17(15-9-3-4-10-16(15)17)14-11-5-7-12-6-1-2-8-13(12)14/h1-2,6,8,14-16H,3-5,7,9-11,18H2. The highest BCUT2D eigenvalue weighted by Crippen LogP contribution is 2.64. The van der Waals surface area contributed by atoms with Crippen LogP contribution in [0, 0.1) is 11.8 Å². The number of fused-ring (bicyclic) bond motifs is 2. The van der Waals surface area contributed by atoms with Crippen LogP contribution in [0.25, 0.3) is 0 Å². The molecule has 3 aliphatic rings. The quantitative estimate of drug-likeness (QED) is 0.798. The third-order valence-corrected chi connectivity index (χ3v) is 5.91. The maximum atomic E-state index is 6.89. The van der Waals surface area contributed by atoms with Crippen LogP contribution in [0.4, 0.5) is 0 Å². The van der Waals surface area contributed by atoms with Crippen LogP contribution in [-0.4, -0.2) is 5.54 Å². The van der Waals surface area contributed by atoms with E-state index in [0.717, 1.165) is 11.8 Å². The molecule has 1 heteroatoms. The van der Waals surface area contributed by atoms with Gasteiger partial charge in [-0.25, -0.2) is 0 Å². The van der Waals surface area contributed by atoms with Gasteiger partial charge in [0.2, 0.25) is 0 Å². The van der Waals surface area contributed by atoms with Crippen LogP contribution in [0.2, 0.25) is 0 Å². The second-order valence-electron chi connectivity index (χ2n) is 6.64. The lowest BCUT2D eigenvalue weighted by molar-refractivity contribution is 0.407. The van der Waals surface area contributed by atoms with E-state index < -0.39 is 0 Å². The molecule has 96 valence electrons. The fourth-order valence-electron chi connectivity index (χ4n) is 5.01. The molecular formula is C17H23N. The summed E-state index contributed by atoms with van der Waals surface area (Å²) >= 11 is 0. The lowest BCUT2D eigenvalue weighted by atomic mass is 9.76. The molecule has 0 saturated heterocycles. The lowest BCUT2D eigenvalue weighted by Crippen LogP contribution is -2.36. The van der Waals surface area contributed by atoms with Gasteiger partial charge < -0.3 is 5.73 Å². The Morgan fingerprint density at radius 3 is 2.44 bits per heavy atom. The molecule has 2 saturated carbocycles. The molecule has 0 aromatic heterocycles. The SMILES string of the molecule is NC1(C2CCCc3ccccc32)C2CCCCC21. The van der Waals surface area contributed by atoms with Crippen LogP contribution in [0.5, 0.6) is 0 Å². The fourth-order valence-corrected chi connectivity index (χ4v) is 5.01. The molecule has 2 fully saturated rings. The molecule has 2 N–H and O–H groups in total. The van der Waals surface area contributed by atoms with Crippen molar-refractivity contribution in [3.05, 3.63) is 35.4 Å². The van der Waals surface area contributed by atoms with E-state index in [0.29, 0.717) is 5.92 Å². The van der Waals surface area contributed by atoms with Crippen LogP contribution in [-0.2, 0) is 6.42 Å². The van der Waals surface area contributed by atoms with Gasteiger partial charge in [0, 0.05) is 11.5 Å². The molecule has 0 spiro atoms. The smallest absolute Gasteiger partial charge is 0.0287 e. The van der Waals surface area contributed by atoms with Gasteiger partial charge in [-0.05, 0) is 55.1 Å². The molecule has 0 bridgehead atoms. The minimum atomic E-state index is 0.160. The average molecular weight is 241 g/mol. The minimum absolute atomic E-state index is 0.160. The van der Waals surface area contributed by atoms with Gasteiger partial charge in [0.25, 0.3) is 0 Å². The number of rotatable bonds is 1. The van der Waals surface area contributed by atoms with E-state index in [4.69, 9.17) is 5.73 Å². The highest BCUT2D eigenvalue weighted by Gasteiger charge is 2.65. The monoisotopic (exact) mass is 241 g/mol.